The van der Waals surface area contributed by atoms with Crippen molar-refractivity contribution in [1.29, 1.82) is 0 Å². The Morgan fingerprint density at radius 1 is 1.44 bits per heavy atom. The van der Waals surface area contributed by atoms with Gasteiger partial charge in [0.25, 0.3) is 0 Å². The highest BCUT2D eigenvalue weighted by Gasteiger charge is 2.12. The van der Waals surface area contributed by atoms with E-state index in [-0.39, 0.29) is 13.1 Å². The number of rotatable bonds is 6. The average Bonchev–Trinajstić information content (AvgIpc) is 2.22. The quantitative estimate of drug-likeness (QED) is 0.440. The monoisotopic (exact) mass is 229 g/mol. The number of urea groups is 1. The molecule has 0 fully saturated rings. The Kier molecular flexibility index (Phi) is 6.53. The lowest BCUT2D eigenvalue weighted by Crippen LogP contribution is -2.46. The Bertz CT molecular complexity index is 290. The lowest BCUT2D eigenvalue weighted by atomic mass is 10.3. The van der Waals surface area contributed by atoms with E-state index in [2.05, 4.69) is 17.2 Å². The van der Waals surface area contributed by atoms with Crippen LogP contribution in [0, 0.1) is 0 Å². The Balaban J connectivity index is 3.78. The fourth-order valence-corrected chi connectivity index (χ4v) is 0.713. The summed E-state index contributed by atoms with van der Waals surface area (Å²) >= 11 is 0. The van der Waals surface area contributed by atoms with E-state index in [0.717, 1.165) is 0 Å². The molecule has 0 spiro atoms. The lowest BCUT2D eigenvalue weighted by Gasteiger charge is -2.08. The van der Waals surface area contributed by atoms with Gasteiger partial charge in [0, 0.05) is 6.54 Å². The van der Waals surface area contributed by atoms with Gasteiger partial charge in [-0.3, -0.25) is 20.2 Å². The van der Waals surface area contributed by atoms with E-state index in [4.69, 9.17) is 5.11 Å². The van der Waals surface area contributed by atoms with E-state index in [1.165, 1.54) is 13.0 Å². The summed E-state index contributed by atoms with van der Waals surface area (Å²) in [6, 6.07) is -1.49. The van der Waals surface area contributed by atoms with Crippen LogP contribution in [0.25, 0.3) is 0 Å². The molecule has 0 heterocycles. The summed E-state index contributed by atoms with van der Waals surface area (Å²) in [4.78, 5) is 32.4. The maximum absolute atomic E-state index is 11.1. The Labute approximate surface area is 92.9 Å². The second kappa shape index (κ2) is 7.41. The standard InChI is InChI=1S/C9H15N3O4/c1-3-4-10-9(16)12-7(13)5-11-6(2)8(14)15/h3,6,11H,1,4-5H2,2H3,(H,14,15)(H2,10,12,13,16)/t6-/m1/s1. The fourth-order valence-electron chi connectivity index (χ4n) is 0.713. The zero-order valence-corrected chi connectivity index (χ0v) is 8.95. The van der Waals surface area contributed by atoms with Crippen LogP contribution >= 0.6 is 0 Å². The molecule has 0 aliphatic heterocycles. The predicted octanol–water partition coefficient (Wildman–Crippen LogP) is -0.939. The normalized spacial score (nSPS) is 11.3. The van der Waals surface area contributed by atoms with Crippen LogP contribution in [0.2, 0.25) is 0 Å². The summed E-state index contributed by atoms with van der Waals surface area (Å²) in [6.07, 6.45) is 1.47. The molecule has 0 aromatic rings. The van der Waals surface area contributed by atoms with Gasteiger partial charge in [0.15, 0.2) is 0 Å². The highest BCUT2D eigenvalue weighted by molar-refractivity contribution is 5.95. The SMILES string of the molecule is C=CCNC(=O)NC(=O)CN[C@H](C)C(=O)O. The first-order valence-electron chi connectivity index (χ1n) is 4.62. The first-order chi connectivity index (χ1) is 7.47. The van der Waals surface area contributed by atoms with Crippen LogP contribution < -0.4 is 16.0 Å². The number of imide groups is 1. The molecule has 0 aromatic heterocycles. The molecule has 0 saturated carbocycles. The van der Waals surface area contributed by atoms with Crippen LogP contribution in [0.4, 0.5) is 4.79 Å². The van der Waals surface area contributed by atoms with E-state index in [0.29, 0.717) is 0 Å². The van der Waals surface area contributed by atoms with Crippen LogP contribution in [0.3, 0.4) is 0 Å². The van der Waals surface area contributed by atoms with Crippen molar-refractivity contribution in [3.05, 3.63) is 12.7 Å². The van der Waals surface area contributed by atoms with Crippen molar-refractivity contribution in [2.45, 2.75) is 13.0 Å². The minimum atomic E-state index is -1.07. The molecular weight excluding hydrogens is 214 g/mol. The van der Waals surface area contributed by atoms with Gasteiger partial charge in [0.05, 0.1) is 6.54 Å². The van der Waals surface area contributed by atoms with Crippen LogP contribution in [0.15, 0.2) is 12.7 Å². The van der Waals surface area contributed by atoms with Crippen molar-refractivity contribution >= 4 is 17.9 Å². The van der Waals surface area contributed by atoms with Crippen LogP contribution in [-0.2, 0) is 9.59 Å². The van der Waals surface area contributed by atoms with Crippen molar-refractivity contribution in [3.8, 4) is 0 Å². The van der Waals surface area contributed by atoms with Gasteiger partial charge in [-0.25, -0.2) is 4.79 Å². The molecule has 0 radical (unpaired) electrons. The van der Waals surface area contributed by atoms with Crippen LogP contribution in [0.1, 0.15) is 6.92 Å². The van der Waals surface area contributed by atoms with E-state index in [1.807, 2.05) is 5.32 Å². The van der Waals surface area contributed by atoms with Crippen molar-refractivity contribution < 1.29 is 19.5 Å². The second-order valence-electron chi connectivity index (χ2n) is 2.99. The van der Waals surface area contributed by atoms with E-state index in [9.17, 15) is 14.4 Å². The van der Waals surface area contributed by atoms with Gasteiger partial charge in [-0.05, 0) is 6.92 Å². The Hall–Kier alpha value is -1.89. The second-order valence-corrected chi connectivity index (χ2v) is 2.99. The number of carboxylic acid groups (broad SMARTS) is 1. The molecular formula is C9H15N3O4. The number of carbonyl (C=O) groups is 3. The summed E-state index contributed by atoms with van der Waals surface area (Å²) in [6.45, 7) is 4.79. The summed E-state index contributed by atoms with van der Waals surface area (Å²) in [5.74, 6) is -1.67. The molecule has 0 aromatic carbocycles. The van der Waals surface area contributed by atoms with E-state index >= 15 is 0 Å². The van der Waals surface area contributed by atoms with Gasteiger partial charge < -0.3 is 10.4 Å². The Morgan fingerprint density at radius 2 is 2.06 bits per heavy atom. The van der Waals surface area contributed by atoms with Gasteiger partial charge in [0.2, 0.25) is 5.91 Å². The average molecular weight is 229 g/mol. The summed E-state index contributed by atoms with van der Waals surface area (Å²) in [5, 5.41) is 15.3. The zero-order valence-electron chi connectivity index (χ0n) is 8.95. The number of carboxylic acids is 1. The number of nitrogens with one attached hydrogen (secondary N) is 3. The first kappa shape index (κ1) is 14.1. The number of hydrogen-bond donors (Lipinski definition) is 4. The highest BCUT2D eigenvalue weighted by atomic mass is 16.4. The van der Waals surface area contributed by atoms with Crippen LogP contribution in [0.5, 0.6) is 0 Å². The zero-order chi connectivity index (χ0) is 12.6. The number of amides is 3. The maximum atomic E-state index is 11.1. The minimum absolute atomic E-state index is 0.241. The fraction of sp³-hybridized carbons (Fsp3) is 0.444. The molecule has 4 N–H and O–H groups in total. The van der Waals surface area contributed by atoms with Gasteiger partial charge in [-0.1, -0.05) is 6.08 Å². The molecule has 1 atom stereocenters. The third-order valence-electron chi connectivity index (χ3n) is 1.60. The first-order valence-corrected chi connectivity index (χ1v) is 4.62. The molecule has 0 rings (SSSR count). The van der Waals surface area contributed by atoms with Crippen molar-refractivity contribution in [2.24, 2.45) is 0 Å². The number of aliphatic carboxylic acids is 1. The summed E-state index contributed by atoms with van der Waals surface area (Å²) in [7, 11) is 0. The predicted molar refractivity (Wildman–Crippen MR) is 56.8 cm³/mol. The Morgan fingerprint density at radius 3 is 2.56 bits per heavy atom. The molecule has 16 heavy (non-hydrogen) atoms. The van der Waals surface area contributed by atoms with E-state index < -0.39 is 23.9 Å². The van der Waals surface area contributed by atoms with Gasteiger partial charge in [-0.2, -0.15) is 0 Å². The molecule has 0 bridgehead atoms. The van der Waals surface area contributed by atoms with Gasteiger partial charge >= 0.3 is 12.0 Å². The third-order valence-corrected chi connectivity index (χ3v) is 1.60. The molecule has 7 heteroatoms. The largest absolute Gasteiger partial charge is 0.480 e. The maximum Gasteiger partial charge on any atom is 0.321 e. The molecule has 0 unspecified atom stereocenters. The van der Waals surface area contributed by atoms with Gasteiger partial charge in [-0.15, -0.1) is 6.58 Å². The number of carbonyl (C=O) groups excluding carboxylic acids is 2. The van der Waals surface area contributed by atoms with Crippen molar-refractivity contribution in [2.75, 3.05) is 13.1 Å². The number of hydrogen-bond acceptors (Lipinski definition) is 4. The molecule has 0 saturated heterocycles. The summed E-state index contributed by atoms with van der Waals surface area (Å²) < 4.78 is 0. The molecule has 0 aliphatic rings. The van der Waals surface area contributed by atoms with Crippen LogP contribution in [-0.4, -0.2) is 42.1 Å². The molecule has 3 amide bonds. The van der Waals surface area contributed by atoms with Crippen molar-refractivity contribution in [1.82, 2.24) is 16.0 Å². The smallest absolute Gasteiger partial charge is 0.321 e. The van der Waals surface area contributed by atoms with Crippen molar-refractivity contribution in [3.63, 3.8) is 0 Å². The molecule has 0 aliphatic carbocycles. The lowest BCUT2D eigenvalue weighted by molar-refractivity contribution is -0.139. The topological polar surface area (TPSA) is 108 Å². The summed E-state index contributed by atoms with van der Waals surface area (Å²) in [5.41, 5.74) is 0. The van der Waals surface area contributed by atoms with Gasteiger partial charge in [0.1, 0.15) is 6.04 Å². The molecule has 90 valence electrons. The molecule has 7 nitrogen and oxygen atoms in total. The highest BCUT2D eigenvalue weighted by Crippen LogP contribution is 1.79. The third kappa shape index (κ3) is 6.55. The minimum Gasteiger partial charge on any atom is -0.480 e. The van der Waals surface area contributed by atoms with E-state index in [1.54, 1.807) is 0 Å².